The second-order valence-corrected chi connectivity index (χ2v) is 5.27. The molecule has 1 N–H and O–H groups in total. The minimum Gasteiger partial charge on any atom is -0.360 e. The molecule has 0 amide bonds. The topological polar surface area (TPSA) is 42.2 Å². The summed E-state index contributed by atoms with van der Waals surface area (Å²) in [5.74, 6) is 0. The molecular weight excluding hydrogens is 280 g/mol. The summed E-state index contributed by atoms with van der Waals surface area (Å²) in [4.78, 5) is 4.46. The number of fused-ring (bicyclic) bond motifs is 1. The number of hydrogen-bond donors (Lipinski definition) is 1. The van der Waals surface area contributed by atoms with E-state index in [9.17, 15) is 0 Å². The molecule has 0 aliphatic carbocycles. The molecule has 0 fully saturated rings. The average molecular weight is 291 g/mol. The molecule has 4 nitrogen and oxygen atoms in total. The van der Waals surface area contributed by atoms with Crippen LogP contribution in [0.5, 0.6) is 0 Å². The highest BCUT2D eigenvalue weighted by atomic mass is 79.9. The smallest absolute Gasteiger partial charge is 0.158 e. The predicted molar refractivity (Wildman–Crippen MR) is 72.0 cm³/mol. The third kappa shape index (κ3) is 1.76. The molecule has 1 unspecified atom stereocenters. The van der Waals surface area contributed by atoms with Gasteiger partial charge in [-0.1, -0.05) is 12.1 Å². The van der Waals surface area contributed by atoms with Crippen molar-refractivity contribution in [3.63, 3.8) is 0 Å². The summed E-state index contributed by atoms with van der Waals surface area (Å²) in [5.41, 5.74) is 2.99. The summed E-state index contributed by atoms with van der Waals surface area (Å²) in [6, 6.07) is 7.96. The second-order valence-electron chi connectivity index (χ2n) is 4.01. The fourth-order valence-electron chi connectivity index (χ4n) is 1.83. The van der Waals surface area contributed by atoms with Gasteiger partial charge in [0.25, 0.3) is 0 Å². The number of halogens is 1. The van der Waals surface area contributed by atoms with Crippen LogP contribution >= 0.6 is 15.9 Å². The van der Waals surface area contributed by atoms with Gasteiger partial charge in [-0.25, -0.2) is 0 Å². The lowest BCUT2D eigenvalue weighted by molar-refractivity contribution is 0.766. The Morgan fingerprint density at radius 1 is 1.35 bits per heavy atom. The minimum absolute atomic E-state index is 0.477. The number of para-hydroxylation sites is 2. The van der Waals surface area contributed by atoms with E-state index < -0.39 is 4.45 Å². The van der Waals surface area contributed by atoms with Crippen LogP contribution in [0.3, 0.4) is 0 Å². The molecule has 17 heavy (non-hydrogen) atoms. The highest BCUT2D eigenvalue weighted by molar-refractivity contribution is 9.10. The van der Waals surface area contributed by atoms with Crippen molar-refractivity contribution in [2.75, 3.05) is 5.32 Å². The Morgan fingerprint density at radius 2 is 2.18 bits per heavy atom. The minimum atomic E-state index is -0.477. The summed E-state index contributed by atoms with van der Waals surface area (Å²) in [7, 11) is 1.90. The number of nitrogens with zero attached hydrogens (tertiary/aromatic N) is 3. The van der Waals surface area contributed by atoms with Crippen LogP contribution < -0.4 is 5.32 Å². The van der Waals surface area contributed by atoms with E-state index >= 15 is 0 Å². The lowest BCUT2D eigenvalue weighted by atomic mass is 10.1. The summed E-state index contributed by atoms with van der Waals surface area (Å²) in [5, 5.41) is 7.59. The van der Waals surface area contributed by atoms with Gasteiger partial charge < -0.3 is 5.32 Å². The molecule has 2 heterocycles. The van der Waals surface area contributed by atoms with Gasteiger partial charge in [-0.2, -0.15) is 5.10 Å². The van der Waals surface area contributed by atoms with Gasteiger partial charge in [-0.15, -0.1) is 0 Å². The molecule has 1 atom stereocenters. The van der Waals surface area contributed by atoms with Crippen molar-refractivity contribution in [2.24, 2.45) is 12.0 Å². The SMILES string of the molecule is Cn1cc(C2(Br)C=Nc3ccccc3N2)cn1. The number of rotatable bonds is 1. The first kappa shape index (κ1) is 10.5. The van der Waals surface area contributed by atoms with Crippen molar-refractivity contribution in [3.8, 4) is 0 Å². The normalized spacial score (nSPS) is 22.0. The summed E-state index contributed by atoms with van der Waals surface area (Å²) in [6.45, 7) is 0. The molecule has 0 radical (unpaired) electrons. The van der Waals surface area contributed by atoms with E-state index in [1.54, 1.807) is 4.68 Å². The number of aromatic nitrogens is 2. The zero-order valence-electron chi connectivity index (χ0n) is 9.26. The number of hydrogen-bond acceptors (Lipinski definition) is 3. The first-order chi connectivity index (χ1) is 8.17. The molecule has 3 rings (SSSR count). The molecular formula is C12H11BrN4. The van der Waals surface area contributed by atoms with Crippen molar-refractivity contribution >= 4 is 33.5 Å². The van der Waals surface area contributed by atoms with E-state index in [2.05, 4.69) is 31.3 Å². The van der Waals surface area contributed by atoms with E-state index in [1.807, 2.05) is 49.9 Å². The number of aryl methyl sites for hydroxylation is 1. The van der Waals surface area contributed by atoms with Gasteiger partial charge in [0, 0.05) is 25.0 Å². The highest BCUT2D eigenvalue weighted by Gasteiger charge is 2.31. The van der Waals surface area contributed by atoms with Crippen LogP contribution in [0.15, 0.2) is 41.7 Å². The van der Waals surface area contributed by atoms with E-state index in [0.717, 1.165) is 16.9 Å². The number of alkyl halides is 1. The fraction of sp³-hybridized carbons (Fsp3) is 0.167. The number of benzene rings is 1. The van der Waals surface area contributed by atoms with Gasteiger partial charge >= 0.3 is 0 Å². The standard InChI is InChI=1S/C12H11BrN4/c1-17-7-9(6-15-17)12(13)8-14-10-4-2-3-5-11(10)16-12/h2-8,16H,1H3. The van der Waals surface area contributed by atoms with Gasteiger partial charge in [0.2, 0.25) is 0 Å². The van der Waals surface area contributed by atoms with Crippen molar-refractivity contribution < 1.29 is 0 Å². The molecule has 0 spiro atoms. The maximum absolute atomic E-state index is 4.46. The first-order valence-electron chi connectivity index (χ1n) is 5.28. The van der Waals surface area contributed by atoms with Crippen LogP contribution in [0, 0.1) is 0 Å². The maximum Gasteiger partial charge on any atom is 0.158 e. The van der Waals surface area contributed by atoms with Crippen LogP contribution in [0.1, 0.15) is 5.56 Å². The van der Waals surface area contributed by atoms with Gasteiger partial charge in [-0.3, -0.25) is 9.67 Å². The quantitative estimate of drug-likeness (QED) is 0.648. The monoisotopic (exact) mass is 290 g/mol. The molecule has 2 aromatic rings. The summed E-state index contributed by atoms with van der Waals surface area (Å²) >= 11 is 3.67. The van der Waals surface area contributed by atoms with Crippen molar-refractivity contribution in [2.45, 2.75) is 4.45 Å². The maximum atomic E-state index is 4.46. The van der Waals surface area contributed by atoms with Crippen LogP contribution in [-0.4, -0.2) is 16.0 Å². The largest absolute Gasteiger partial charge is 0.360 e. The third-order valence-electron chi connectivity index (χ3n) is 2.73. The zero-order chi connectivity index (χ0) is 11.9. The fourth-order valence-corrected chi connectivity index (χ4v) is 2.36. The first-order valence-corrected chi connectivity index (χ1v) is 6.07. The van der Waals surface area contributed by atoms with Gasteiger partial charge in [0.05, 0.1) is 17.6 Å². The molecule has 0 saturated heterocycles. The molecule has 0 bridgehead atoms. The van der Waals surface area contributed by atoms with E-state index in [0.29, 0.717) is 0 Å². The Morgan fingerprint density at radius 3 is 2.94 bits per heavy atom. The van der Waals surface area contributed by atoms with Crippen LogP contribution in [-0.2, 0) is 11.5 Å². The van der Waals surface area contributed by atoms with Crippen molar-refractivity contribution in [1.82, 2.24) is 9.78 Å². The van der Waals surface area contributed by atoms with Crippen LogP contribution in [0.2, 0.25) is 0 Å². The molecule has 1 aliphatic rings. The van der Waals surface area contributed by atoms with E-state index in [1.165, 1.54) is 0 Å². The average Bonchev–Trinajstić information content (AvgIpc) is 2.76. The van der Waals surface area contributed by atoms with Gasteiger partial charge in [0.1, 0.15) is 0 Å². The Kier molecular flexibility index (Phi) is 2.29. The summed E-state index contributed by atoms with van der Waals surface area (Å²) < 4.78 is 1.30. The number of anilines is 1. The van der Waals surface area contributed by atoms with E-state index in [-0.39, 0.29) is 0 Å². The lowest BCUT2D eigenvalue weighted by Gasteiger charge is -2.28. The van der Waals surface area contributed by atoms with Crippen LogP contribution in [0.4, 0.5) is 11.4 Å². The highest BCUT2D eigenvalue weighted by Crippen LogP contribution is 2.38. The Balaban J connectivity index is 2.03. The molecule has 1 aromatic carbocycles. The Bertz CT molecular complexity index is 590. The molecule has 1 aliphatic heterocycles. The van der Waals surface area contributed by atoms with Crippen molar-refractivity contribution in [1.29, 1.82) is 0 Å². The van der Waals surface area contributed by atoms with Crippen LogP contribution in [0.25, 0.3) is 0 Å². The number of nitrogens with one attached hydrogen (secondary N) is 1. The van der Waals surface area contributed by atoms with Gasteiger partial charge in [0.15, 0.2) is 4.45 Å². The summed E-state index contributed by atoms with van der Waals surface area (Å²) in [6.07, 6.45) is 5.63. The molecule has 5 heteroatoms. The molecule has 0 saturated carbocycles. The Hall–Kier alpha value is -1.62. The second kappa shape index (κ2) is 3.70. The molecule has 86 valence electrons. The molecule has 1 aromatic heterocycles. The number of aliphatic imine (C=N–C) groups is 1. The zero-order valence-corrected chi connectivity index (χ0v) is 10.8. The lowest BCUT2D eigenvalue weighted by Crippen LogP contribution is -2.31. The van der Waals surface area contributed by atoms with Gasteiger partial charge in [-0.05, 0) is 28.1 Å². The Labute approximate surface area is 107 Å². The third-order valence-corrected chi connectivity index (χ3v) is 3.59. The predicted octanol–water partition coefficient (Wildman–Crippen LogP) is 2.80. The van der Waals surface area contributed by atoms with E-state index in [4.69, 9.17) is 0 Å². The van der Waals surface area contributed by atoms with Crippen molar-refractivity contribution in [3.05, 3.63) is 42.2 Å².